The van der Waals surface area contributed by atoms with Crippen LogP contribution >= 0.6 is 15.9 Å². The van der Waals surface area contributed by atoms with Crippen molar-refractivity contribution in [1.82, 2.24) is 0 Å². The molecule has 0 saturated carbocycles. The summed E-state index contributed by atoms with van der Waals surface area (Å²) in [6.07, 6.45) is 0.901. The highest BCUT2D eigenvalue weighted by molar-refractivity contribution is 9.10. The third kappa shape index (κ3) is 2.68. The van der Waals surface area contributed by atoms with Gasteiger partial charge in [0.2, 0.25) is 0 Å². The van der Waals surface area contributed by atoms with Crippen LogP contribution in [0.25, 0.3) is 0 Å². The number of rotatable bonds is 1. The number of carbonyl (C=O) groups excluding carboxylic acids is 1. The van der Waals surface area contributed by atoms with Crippen molar-refractivity contribution >= 4 is 33.3 Å². The molecule has 2 aromatic rings. The van der Waals surface area contributed by atoms with Crippen LogP contribution in [-0.4, -0.2) is 12.1 Å². The van der Waals surface area contributed by atoms with Gasteiger partial charge in [-0.05, 0) is 65.5 Å². The number of benzene rings is 2. The summed E-state index contributed by atoms with van der Waals surface area (Å²) in [6.45, 7) is 4.10. The molecule has 1 N–H and O–H groups in total. The smallest absolute Gasteiger partial charge is 0.306 e. The zero-order valence-corrected chi connectivity index (χ0v) is 13.6. The molecule has 0 aliphatic carbocycles. The largest absolute Gasteiger partial charge is 0.326 e. The number of halogens is 1. The molecule has 4 heteroatoms. The van der Waals surface area contributed by atoms with Crippen molar-refractivity contribution in [3.63, 3.8) is 0 Å². The van der Waals surface area contributed by atoms with Crippen LogP contribution in [0.2, 0.25) is 0 Å². The van der Waals surface area contributed by atoms with Crippen molar-refractivity contribution < 1.29 is 4.79 Å². The van der Waals surface area contributed by atoms with Gasteiger partial charge in [0.15, 0.2) is 0 Å². The number of carbonyl (C=O) groups is 1. The molecule has 0 aromatic heterocycles. The average Bonchev–Trinajstić information content (AvgIpc) is 2.77. The van der Waals surface area contributed by atoms with Gasteiger partial charge in [-0.2, -0.15) is 0 Å². The van der Waals surface area contributed by atoms with Gasteiger partial charge < -0.3 is 5.32 Å². The number of amides is 2. The lowest BCUT2D eigenvalue weighted by molar-refractivity contribution is 0.256. The number of fused-ring (bicyclic) bond motifs is 1. The van der Waals surface area contributed by atoms with E-state index in [2.05, 4.69) is 34.2 Å². The molecule has 0 spiro atoms. The van der Waals surface area contributed by atoms with E-state index < -0.39 is 0 Å². The van der Waals surface area contributed by atoms with Crippen LogP contribution in [0.15, 0.2) is 46.9 Å². The Morgan fingerprint density at radius 3 is 2.81 bits per heavy atom. The van der Waals surface area contributed by atoms with E-state index in [1.807, 2.05) is 48.2 Å². The predicted molar refractivity (Wildman–Crippen MR) is 90.0 cm³/mol. The standard InChI is InChI=1S/C17H17BrN2O/c1-11-7-8-15(14(18)9-11)19-17(21)20-12(2)10-13-5-3-4-6-16(13)20/h3-9,12H,10H2,1-2H3,(H,19,21). The summed E-state index contributed by atoms with van der Waals surface area (Å²) >= 11 is 3.50. The highest BCUT2D eigenvalue weighted by Crippen LogP contribution is 2.33. The summed E-state index contributed by atoms with van der Waals surface area (Å²) in [4.78, 5) is 14.5. The minimum atomic E-state index is -0.0861. The van der Waals surface area contributed by atoms with E-state index in [1.165, 1.54) is 5.56 Å². The maximum atomic E-state index is 12.6. The van der Waals surface area contributed by atoms with E-state index in [0.717, 1.165) is 27.8 Å². The number of hydrogen-bond acceptors (Lipinski definition) is 1. The second kappa shape index (κ2) is 5.53. The van der Waals surface area contributed by atoms with E-state index in [0.29, 0.717) is 0 Å². The summed E-state index contributed by atoms with van der Waals surface area (Å²) in [6, 6.07) is 14.1. The molecule has 2 aromatic carbocycles. The molecule has 0 bridgehead atoms. The fourth-order valence-corrected chi connectivity index (χ4v) is 3.36. The van der Waals surface area contributed by atoms with E-state index in [9.17, 15) is 4.79 Å². The van der Waals surface area contributed by atoms with Crippen LogP contribution < -0.4 is 10.2 Å². The van der Waals surface area contributed by atoms with Crippen molar-refractivity contribution in [1.29, 1.82) is 0 Å². The van der Waals surface area contributed by atoms with Crippen LogP contribution in [0.1, 0.15) is 18.1 Å². The molecule has 0 radical (unpaired) electrons. The summed E-state index contributed by atoms with van der Waals surface area (Å²) in [5.41, 5.74) is 4.18. The van der Waals surface area contributed by atoms with Crippen LogP contribution in [-0.2, 0) is 6.42 Å². The molecular formula is C17H17BrN2O. The maximum Gasteiger partial charge on any atom is 0.326 e. The first-order valence-corrected chi connectivity index (χ1v) is 7.80. The third-order valence-electron chi connectivity index (χ3n) is 3.79. The summed E-state index contributed by atoms with van der Waals surface area (Å²) in [5, 5.41) is 2.99. The number of urea groups is 1. The molecule has 1 unspecified atom stereocenters. The van der Waals surface area contributed by atoms with Gasteiger partial charge in [-0.25, -0.2) is 4.79 Å². The lowest BCUT2D eigenvalue weighted by Crippen LogP contribution is -2.39. The van der Waals surface area contributed by atoms with E-state index >= 15 is 0 Å². The van der Waals surface area contributed by atoms with E-state index in [1.54, 1.807) is 0 Å². The van der Waals surface area contributed by atoms with Crippen LogP contribution in [0.3, 0.4) is 0 Å². The van der Waals surface area contributed by atoms with Gasteiger partial charge in [-0.15, -0.1) is 0 Å². The van der Waals surface area contributed by atoms with Gasteiger partial charge in [0.05, 0.1) is 5.69 Å². The Morgan fingerprint density at radius 1 is 1.29 bits per heavy atom. The highest BCUT2D eigenvalue weighted by Gasteiger charge is 2.30. The number of anilines is 2. The van der Waals surface area contributed by atoms with Crippen molar-refractivity contribution in [2.24, 2.45) is 0 Å². The van der Waals surface area contributed by atoms with Crippen LogP contribution in [0, 0.1) is 6.92 Å². The number of nitrogens with one attached hydrogen (secondary N) is 1. The molecule has 3 nitrogen and oxygen atoms in total. The summed E-state index contributed by atoms with van der Waals surface area (Å²) in [7, 11) is 0. The zero-order valence-electron chi connectivity index (χ0n) is 12.1. The minimum absolute atomic E-state index is 0.0861. The molecule has 1 aliphatic heterocycles. The first-order valence-electron chi connectivity index (χ1n) is 7.00. The van der Waals surface area contributed by atoms with Crippen molar-refractivity contribution in [2.75, 3.05) is 10.2 Å². The minimum Gasteiger partial charge on any atom is -0.306 e. The fraction of sp³-hybridized carbons (Fsp3) is 0.235. The Labute approximate surface area is 133 Å². The average molecular weight is 345 g/mol. The number of para-hydroxylation sites is 1. The molecule has 108 valence electrons. The molecule has 3 rings (SSSR count). The predicted octanol–water partition coefficient (Wildman–Crippen LogP) is 4.74. The summed E-state index contributed by atoms with van der Waals surface area (Å²) < 4.78 is 0.899. The van der Waals surface area contributed by atoms with Gasteiger partial charge in [0, 0.05) is 16.2 Å². The SMILES string of the molecule is Cc1ccc(NC(=O)N2c3ccccc3CC2C)c(Br)c1. The fourth-order valence-electron chi connectivity index (χ4n) is 2.77. The van der Waals surface area contributed by atoms with Gasteiger partial charge in [0.25, 0.3) is 0 Å². The zero-order chi connectivity index (χ0) is 15.0. The van der Waals surface area contributed by atoms with Crippen LogP contribution in [0.4, 0.5) is 16.2 Å². The monoisotopic (exact) mass is 344 g/mol. The quantitative estimate of drug-likeness (QED) is 0.795. The van der Waals surface area contributed by atoms with E-state index in [4.69, 9.17) is 0 Å². The maximum absolute atomic E-state index is 12.6. The molecule has 21 heavy (non-hydrogen) atoms. The molecule has 2 amide bonds. The van der Waals surface area contributed by atoms with Crippen molar-refractivity contribution in [3.05, 3.63) is 58.1 Å². The van der Waals surface area contributed by atoms with Gasteiger partial charge >= 0.3 is 6.03 Å². The molecule has 1 heterocycles. The number of nitrogens with zero attached hydrogens (tertiary/aromatic N) is 1. The highest BCUT2D eigenvalue weighted by atomic mass is 79.9. The van der Waals surface area contributed by atoms with Gasteiger partial charge in [0.1, 0.15) is 0 Å². The Kier molecular flexibility index (Phi) is 3.72. The second-order valence-corrected chi connectivity index (χ2v) is 6.32. The van der Waals surface area contributed by atoms with Gasteiger partial charge in [-0.3, -0.25) is 4.90 Å². The topological polar surface area (TPSA) is 32.3 Å². The van der Waals surface area contributed by atoms with Crippen LogP contribution in [0.5, 0.6) is 0 Å². The number of hydrogen-bond donors (Lipinski definition) is 1. The molecule has 0 saturated heterocycles. The normalized spacial score (nSPS) is 16.7. The van der Waals surface area contributed by atoms with Gasteiger partial charge in [-0.1, -0.05) is 24.3 Å². The molecule has 1 aliphatic rings. The Morgan fingerprint density at radius 2 is 2.05 bits per heavy atom. The number of aryl methyl sites for hydroxylation is 1. The second-order valence-electron chi connectivity index (χ2n) is 5.47. The Bertz CT molecular complexity index is 699. The van der Waals surface area contributed by atoms with E-state index in [-0.39, 0.29) is 12.1 Å². The first kappa shape index (κ1) is 14.1. The lowest BCUT2D eigenvalue weighted by atomic mass is 10.1. The summed E-state index contributed by atoms with van der Waals surface area (Å²) in [5.74, 6) is 0. The first-order chi connectivity index (χ1) is 10.1. The third-order valence-corrected chi connectivity index (χ3v) is 4.45. The molecule has 1 atom stereocenters. The lowest BCUT2D eigenvalue weighted by Gasteiger charge is -2.23. The Balaban J connectivity index is 1.86. The van der Waals surface area contributed by atoms with Crippen molar-refractivity contribution in [2.45, 2.75) is 26.3 Å². The molecule has 0 fully saturated rings. The van der Waals surface area contributed by atoms with Crippen molar-refractivity contribution in [3.8, 4) is 0 Å². The Hall–Kier alpha value is -1.81. The molecular weight excluding hydrogens is 328 g/mol.